The second kappa shape index (κ2) is 4.59. The van der Waals surface area contributed by atoms with E-state index in [0.29, 0.717) is 29.0 Å². The third-order valence-corrected chi connectivity index (χ3v) is 2.90. The quantitative estimate of drug-likeness (QED) is 0.872. The van der Waals surface area contributed by atoms with Gasteiger partial charge in [-0.25, -0.2) is 9.78 Å². The fourth-order valence-corrected chi connectivity index (χ4v) is 1.93. The van der Waals surface area contributed by atoms with Gasteiger partial charge in [0.25, 0.3) is 5.71 Å². The van der Waals surface area contributed by atoms with Crippen molar-refractivity contribution < 1.29 is 14.4 Å². The Morgan fingerprint density at radius 1 is 1.56 bits per heavy atom. The van der Waals surface area contributed by atoms with Crippen LogP contribution in [0.15, 0.2) is 10.9 Å². The fraction of sp³-hybridized carbons (Fsp3) is 0.455. The number of fused-ring (bicyclic) bond motifs is 1. The van der Waals surface area contributed by atoms with Crippen molar-refractivity contribution >= 4 is 22.9 Å². The second-order valence-electron chi connectivity index (χ2n) is 4.02. The van der Waals surface area contributed by atoms with Gasteiger partial charge in [-0.3, -0.25) is 0 Å². The van der Waals surface area contributed by atoms with E-state index in [1.165, 1.54) is 6.33 Å². The lowest BCUT2D eigenvalue weighted by molar-refractivity contribution is -0.138. The van der Waals surface area contributed by atoms with E-state index in [-0.39, 0.29) is 0 Å². The minimum Gasteiger partial charge on any atom is -0.480 e. The van der Waals surface area contributed by atoms with Gasteiger partial charge < -0.3 is 14.5 Å². The molecular weight excluding hydrogens is 236 g/mol. The highest BCUT2D eigenvalue weighted by Crippen LogP contribution is 2.26. The van der Waals surface area contributed by atoms with E-state index in [2.05, 4.69) is 15.1 Å². The number of aromatic nitrogens is 3. The van der Waals surface area contributed by atoms with Crippen LogP contribution < -0.4 is 4.90 Å². The number of carboxylic acid groups (broad SMARTS) is 1. The summed E-state index contributed by atoms with van der Waals surface area (Å²) in [5, 5.41) is 13.6. The van der Waals surface area contributed by atoms with Crippen molar-refractivity contribution in [3.8, 4) is 0 Å². The summed E-state index contributed by atoms with van der Waals surface area (Å²) < 4.78 is 5.04. The van der Waals surface area contributed by atoms with Crippen LogP contribution in [0.25, 0.3) is 11.1 Å². The van der Waals surface area contributed by atoms with Crippen molar-refractivity contribution in [3.05, 3.63) is 12.0 Å². The number of carboxylic acids is 1. The summed E-state index contributed by atoms with van der Waals surface area (Å²) in [4.78, 5) is 20.9. The number of anilines is 1. The van der Waals surface area contributed by atoms with Crippen LogP contribution in [-0.4, -0.2) is 39.3 Å². The van der Waals surface area contributed by atoms with E-state index in [9.17, 15) is 9.90 Å². The van der Waals surface area contributed by atoms with E-state index < -0.39 is 12.0 Å². The topological polar surface area (TPSA) is 92.3 Å². The van der Waals surface area contributed by atoms with Gasteiger partial charge in [0.05, 0.1) is 5.69 Å². The molecule has 2 aromatic rings. The maximum atomic E-state index is 11.2. The summed E-state index contributed by atoms with van der Waals surface area (Å²) in [6.45, 7) is 3.59. The van der Waals surface area contributed by atoms with Gasteiger partial charge in [0.2, 0.25) is 0 Å². The van der Waals surface area contributed by atoms with Gasteiger partial charge in [-0.15, -0.1) is 0 Å². The Kier molecular flexibility index (Phi) is 3.14. The molecule has 7 nitrogen and oxygen atoms in total. The summed E-state index contributed by atoms with van der Waals surface area (Å²) in [7, 11) is 1.69. The normalized spacial score (nSPS) is 12.6. The van der Waals surface area contributed by atoms with Gasteiger partial charge in [-0.1, -0.05) is 12.1 Å². The first-order chi connectivity index (χ1) is 8.56. The van der Waals surface area contributed by atoms with Crippen LogP contribution >= 0.6 is 0 Å². The summed E-state index contributed by atoms with van der Waals surface area (Å²) in [5.41, 5.74) is 1.01. The fourth-order valence-electron chi connectivity index (χ4n) is 1.93. The first-order valence-electron chi connectivity index (χ1n) is 5.58. The molecular formula is C11H14N4O3. The van der Waals surface area contributed by atoms with Crippen molar-refractivity contribution in [2.24, 2.45) is 0 Å². The van der Waals surface area contributed by atoms with Crippen LogP contribution in [0.3, 0.4) is 0 Å². The molecule has 2 rings (SSSR count). The molecule has 0 bridgehead atoms. The van der Waals surface area contributed by atoms with Crippen LogP contribution in [-0.2, 0) is 4.79 Å². The first-order valence-corrected chi connectivity index (χ1v) is 5.58. The summed E-state index contributed by atoms with van der Waals surface area (Å²) in [5.74, 6) is -0.367. The van der Waals surface area contributed by atoms with Crippen LogP contribution in [0, 0.1) is 6.92 Å². The molecule has 1 unspecified atom stereocenters. The molecule has 0 aliphatic rings. The molecule has 18 heavy (non-hydrogen) atoms. The maximum Gasteiger partial charge on any atom is 0.326 e. The zero-order valence-corrected chi connectivity index (χ0v) is 10.4. The molecule has 0 aliphatic carbocycles. The van der Waals surface area contributed by atoms with E-state index in [0.717, 1.165) is 0 Å². The van der Waals surface area contributed by atoms with Gasteiger partial charge in [0, 0.05) is 7.05 Å². The molecule has 96 valence electrons. The lowest BCUT2D eigenvalue weighted by atomic mass is 10.2. The average Bonchev–Trinajstić information content (AvgIpc) is 2.71. The van der Waals surface area contributed by atoms with Crippen LogP contribution in [0.1, 0.15) is 19.0 Å². The van der Waals surface area contributed by atoms with Gasteiger partial charge in [-0.05, 0) is 13.3 Å². The Morgan fingerprint density at radius 3 is 2.89 bits per heavy atom. The molecule has 0 fully saturated rings. The molecule has 0 saturated heterocycles. The molecule has 0 aromatic carbocycles. The Hall–Kier alpha value is -2.18. The summed E-state index contributed by atoms with van der Waals surface area (Å²) in [6, 6.07) is -0.641. The summed E-state index contributed by atoms with van der Waals surface area (Å²) >= 11 is 0. The van der Waals surface area contributed by atoms with Crippen LogP contribution in [0.5, 0.6) is 0 Å². The lowest BCUT2D eigenvalue weighted by Crippen LogP contribution is -2.38. The molecule has 1 N–H and O–H groups in total. The highest BCUT2D eigenvalue weighted by atomic mass is 16.5. The smallest absolute Gasteiger partial charge is 0.326 e. The summed E-state index contributed by atoms with van der Waals surface area (Å²) in [6.07, 6.45) is 1.81. The van der Waals surface area contributed by atoms with Crippen molar-refractivity contribution in [1.82, 2.24) is 15.1 Å². The number of aryl methyl sites for hydroxylation is 1. The molecule has 0 radical (unpaired) electrons. The Balaban J connectivity index is 2.53. The van der Waals surface area contributed by atoms with E-state index >= 15 is 0 Å². The SMILES string of the molecule is CCC(C(=O)O)N(C)c1ncnc2onc(C)c12. The zero-order valence-electron chi connectivity index (χ0n) is 10.4. The molecule has 2 aromatic heterocycles. The minimum atomic E-state index is -0.888. The van der Waals surface area contributed by atoms with E-state index in [1.54, 1.807) is 18.9 Å². The highest BCUT2D eigenvalue weighted by molar-refractivity contribution is 5.90. The van der Waals surface area contributed by atoms with E-state index in [4.69, 9.17) is 4.52 Å². The Labute approximate surface area is 103 Å². The zero-order chi connectivity index (χ0) is 13.3. The number of rotatable bonds is 4. The lowest BCUT2D eigenvalue weighted by Gasteiger charge is -2.24. The van der Waals surface area contributed by atoms with Gasteiger partial charge in [0.1, 0.15) is 23.6 Å². The number of hydrogen-bond donors (Lipinski definition) is 1. The number of nitrogens with zero attached hydrogens (tertiary/aromatic N) is 4. The van der Waals surface area contributed by atoms with Crippen molar-refractivity contribution in [1.29, 1.82) is 0 Å². The predicted molar refractivity (Wildman–Crippen MR) is 64.5 cm³/mol. The molecule has 2 heterocycles. The number of carbonyl (C=O) groups is 1. The van der Waals surface area contributed by atoms with Gasteiger partial charge in [0.15, 0.2) is 0 Å². The molecule has 0 spiro atoms. The Morgan fingerprint density at radius 2 is 2.28 bits per heavy atom. The number of aliphatic carboxylic acids is 1. The first kappa shape index (κ1) is 12.3. The minimum absolute atomic E-state index is 0.365. The van der Waals surface area contributed by atoms with Crippen molar-refractivity contribution in [2.45, 2.75) is 26.3 Å². The van der Waals surface area contributed by atoms with Gasteiger partial charge >= 0.3 is 5.97 Å². The van der Waals surface area contributed by atoms with Gasteiger partial charge in [-0.2, -0.15) is 4.98 Å². The van der Waals surface area contributed by atoms with Crippen molar-refractivity contribution in [2.75, 3.05) is 11.9 Å². The van der Waals surface area contributed by atoms with Crippen LogP contribution in [0.2, 0.25) is 0 Å². The molecule has 0 saturated carbocycles. The molecule has 1 atom stereocenters. The third kappa shape index (κ3) is 1.87. The average molecular weight is 250 g/mol. The van der Waals surface area contributed by atoms with Crippen molar-refractivity contribution in [3.63, 3.8) is 0 Å². The molecule has 0 amide bonds. The number of likely N-dealkylation sites (N-methyl/N-ethyl adjacent to an activating group) is 1. The predicted octanol–water partition coefficient (Wildman–Crippen LogP) is 1.23. The third-order valence-electron chi connectivity index (χ3n) is 2.90. The Bertz CT molecular complexity index is 581. The van der Waals surface area contributed by atoms with E-state index in [1.807, 2.05) is 6.92 Å². The maximum absolute atomic E-state index is 11.2. The molecule has 0 aliphatic heterocycles. The monoisotopic (exact) mass is 250 g/mol. The largest absolute Gasteiger partial charge is 0.480 e. The highest BCUT2D eigenvalue weighted by Gasteiger charge is 2.25. The standard InChI is InChI=1S/C11H14N4O3/c1-4-7(11(16)17)15(3)9-8-6(2)14-18-10(8)13-5-12-9/h5,7H,4H2,1-3H3,(H,16,17). The number of hydrogen-bond acceptors (Lipinski definition) is 6. The van der Waals surface area contributed by atoms with Crippen LogP contribution in [0.4, 0.5) is 5.82 Å². The second-order valence-corrected chi connectivity index (χ2v) is 4.02. The molecule has 7 heteroatoms.